The Labute approximate surface area is 141 Å². The van der Waals surface area contributed by atoms with E-state index in [4.69, 9.17) is 4.42 Å². The van der Waals surface area contributed by atoms with Crippen LogP contribution in [0.5, 0.6) is 0 Å². The van der Waals surface area contributed by atoms with Crippen LogP contribution in [0.4, 0.5) is 0 Å². The highest BCUT2D eigenvalue weighted by Crippen LogP contribution is 2.14. The molecule has 2 amide bonds. The predicted octanol–water partition coefficient (Wildman–Crippen LogP) is 2.63. The molecule has 126 valence electrons. The number of hydrogen-bond donors (Lipinski definition) is 1. The van der Waals surface area contributed by atoms with Crippen molar-refractivity contribution in [3.63, 3.8) is 0 Å². The van der Waals surface area contributed by atoms with Gasteiger partial charge in [0, 0.05) is 37.5 Å². The number of hydrogen-bond acceptors (Lipinski definition) is 3. The number of nitrogens with zero attached hydrogens (tertiary/aromatic N) is 1. The Kier molecular flexibility index (Phi) is 5.31. The molecule has 0 radical (unpaired) electrons. The van der Waals surface area contributed by atoms with Gasteiger partial charge in [0.2, 0.25) is 5.91 Å². The molecule has 5 nitrogen and oxygen atoms in total. The van der Waals surface area contributed by atoms with Gasteiger partial charge in [0.1, 0.15) is 5.76 Å². The summed E-state index contributed by atoms with van der Waals surface area (Å²) in [4.78, 5) is 26.3. The Morgan fingerprint density at radius 1 is 1.08 bits per heavy atom. The summed E-state index contributed by atoms with van der Waals surface area (Å²) < 4.78 is 5.26. The van der Waals surface area contributed by atoms with Crippen LogP contribution in [0.15, 0.2) is 53.1 Å². The van der Waals surface area contributed by atoms with E-state index in [1.165, 1.54) is 0 Å². The molecule has 0 spiro atoms. The van der Waals surface area contributed by atoms with E-state index in [0.717, 1.165) is 18.6 Å². The molecular weight excluding hydrogens is 304 g/mol. The lowest BCUT2D eigenvalue weighted by Crippen LogP contribution is -2.46. The maximum absolute atomic E-state index is 12.2. The van der Waals surface area contributed by atoms with Crippen LogP contribution in [-0.2, 0) is 11.2 Å². The molecule has 2 aromatic rings. The van der Waals surface area contributed by atoms with Crippen molar-refractivity contribution in [2.24, 2.45) is 0 Å². The Bertz CT molecular complexity index is 659. The normalized spacial score (nSPS) is 15.2. The van der Waals surface area contributed by atoms with Crippen LogP contribution in [0.1, 0.15) is 35.4 Å². The number of benzene rings is 1. The summed E-state index contributed by atoms with van der Waals surface area (Å²) >= 11 is 0. The molecular formula is C19H22N2O3. The molecule has 0 bridgehead atoms. The lowest BCUT2D eigenvalue weighted by Gasteiger charge is -2.32. The lowest BCUT2D eigenvalue weighted by molar-refractivity contribution is -0.132. The number of furan rings is 1. The SMILES string of the molecule is O=C(NC1CCN(C(=O)CCc2ccco2)CC1)c1ccccc1. The molecule has 1 aliphatic heterocycles. The average molecular weight is 326 g/mol. The summed E-state index contributed by atoms with van der Waals surface area (Å²) in [6.07, 6.45) is 4.32. The second-order valence-electron chi connectivity index (χ2n) is 6.07. The molecule has 24 heavy (non-hydrogen) atoms. The van der Waals surface area contributed by atoms with E-state index in [9.17, 15) is 9.59 Å². The topological polar surface area (TPSA) is 62.6 Å². The van der Waals surface area contributed by atoms with Gasteiger partial charge in [0.25, 0.3) is 5.91 Å². The van der Waals surface area contributed by atoms with E-state index >= 15 is 0 Å². The van der Waals surface area contributed by atoms with Crippen molar-refractivity contribution >= 4 is 11.8 Å². The maximum atomic E-state index is 12.2. The van der Waals surface area contributed by atoms with Crippen molar-refractivity contribution in [1.29, 1.82) is 0 Å². The molecule has 5 heteroatoms. The Morgan fingerprint density at radius 2 is 1.83 bits per heavy atom. The fourth-order valence-corrected chi connectivity index (χ4v) is 2.97. The number of aryl methyl sites for hydroxylation is 1. The van der Waals surface area contributed by atoms with Gasteiger partial charge in [-0.3, -0.25) is 9.59 Å². The summed E-state index contributed by atoms with van der Waals surface area (Å²) in [7, 11) is 0. The highest BCUT2D eigenvalue weighted by molar-refractivity contribution is 5.94. The second-order valence-corrected chi connectivity index (χ2v) is 6.07. The van der Waals surface area contributed by atoms with Crippen LogP contribution in [-0.4, -0.2) is 35.8 Å². The molecule has 3 rings (SSSR count). The summed E-state index contributed by atoms with van der Waals surface area (Å²) in [6, 6.07) is 13.1. The maximum Gasteiger partial charge on any atom is 0.251 e. The van der Waals surface area contributed by atoms with Crippen molar-refractivity contribution in [2.45, 2.75) is 31.7 Å². The summed E-state index contributed by atoms with van der Waals surface area (Å²) in [5.74, 6) is 0.950. The second kappa shape index (κ2) is 7.81. The molecule has 1 aromatic carbocycles. The van der Waals surface area contributed by atoms with Crippen LogP contribution in [0.25, 0.3) is 0 Å². The third-order valence-electron chi connectivity index (χ3n) is 4.38. The highest BCUT2D eigenvalue weighted by Gasteiger charge is 2.24. The number of piperidine rings is 1. The van der Waals surface area contributed by atoms with Gasteiger partial charge in [0.15, 0.2) is 0 Å². The average Bonchev–Trinajstić information content (AvgIpc) is 3.14. The molecule has 2 heterocycles. The van der Waals surface area contributed by atoms with Crippen LogP contribution >= 0.6 is 0 Å². The molecule has 1 aromatic heterocycles. The smallest absolute Gasteiger partial charge is 0.251 e. The van der Waals surface area contributed by atoms with Gasteiger partial charge in [-0.1, -0.05) is 18.2 Å². The zero-order valence-corrected chi connectivity index (χ0v) is 13.6. The quantitative estimate of drug-likeness (QED) is 0.919. The minimum atomic E-state index is -0.0433. The Balaban J connectivity index is 1.42. The zero-order valence-electron chi connectivity index (χ0n) is 13.6. The molecule has 1 fully saturated rings. The molecule has 0 aliphatic carbocycles. The summed E-state index contributed by atoms with van der Waals surface area (Å²) in [6.45, 7) is 1.38. The minimum absolute atomic E-state index is 0.0433. The van der Waals surface area contributed by atoms with Gasteiger partial charge in [0.05, 0.1) is 6.26 Å². The number of carbonyl (C=O) groups excluding carboxylic acids is 2. The first-order valence-electron chi connectivity index (χ1n) is 8.38. The van der Waals surface area contributed by atoms with Gasteiger partial charge in [-0.2, -0.15) is 0 Å². The number of carbonyl (C=O) groups is 2. The number of nitrogens with one attached hydrogen (secondary N) is 1. The Hall–Kier alpha value is -2.56. The number of amides is 2. The van der Waals surface area contributed by atoms with Gasteiger partial charge in [-0.15, -0.1) is 0 Å². The van der Waals surface area contributed by atoms with Gasteiger partial charge in [-0.25, -0.2) is 0 Å². The van der Waals surface area contributed by atoms with Crippen LogP contribution in [0.2, 0.25) is 0 Å². The fraction of sp³-hybridized carbons (Fsp3) is 0.368. The van der Waals surface area contributed by atoms with E-state index in [2.05, 4.69) is 5.32 Å². The molecule has 0 saturated carbocycles. The van der Waals surface area contributed by atoms with Crippen LogP contribution < -0.4 is 5.32 Å². The number of likely N-dealkylation sites (tertiary alicyclic amines) is 1. The standard InChI is InChI=1S/C19H22N2O3/c22-18(9-8-17-7-4-14-24-17)21-12-10-16(11-13-21)20-19(23)15-5-2-1-3-6-15/h1-7,14,16H,8-13H2,(H,20,23). The number of rotatable bonds is 5. The van der Waals surface area contributed by atoms with E-state index in [-0.39, 0.29) is 17.9 Å². The first-order chi connectivity index (χ1) is 11.7. The van der Waals surface area contributed by atoms with Crippen molar-refractivity contribution in [3.8, 4) is 0 Å². The van der Waals surface area contributed by atoms with E-state index in [1.807, 2.05) is 47.4 Å². The molecule has 1 saturated heterocycles. The summed E-state index contributed by atoms with van der Waals surface area (Å²) in [5.41, 5.74) is 0.675. The van der Waals surface area contributed by atoms with Gasteiger partial charge >= 0.3 is 0 Å². The minimum Gasteiger partial charge on any atom is -0.469 e. The molecule has 0 unspecified atom stereocenters. The van der Waals surface area contributed by atoms with Crippen molar-refractivity contribution in [2.75, 3.05) is 13.1 Å². The first-order valence-corrected chi connectivity index (χ1v) is 8.38. The monoisotopic (exact) mass is 326 g/mol. The molecule has 1 N–H and O–H groups in total. The van der Waals surface area contributed by atoms with Gasteiger partial charge < -0.3 is 14.6 Å². The third kappa shape index (κ3) is 4.25. The van der Waals surface area contributed by atoms with Crippen LogP contribution in [0, 0.1) is 0 Å². The fourth-order valence-electron chi connectivity index (χ4n) is 2.97. The van der Waals surface area contributed by atoms with Crippen molar-refractivity contribution in [1.82, 2.24) is 10.2 Å². The lowest BCUT2D eigenvalue weighted by atomic mass is 10.0. The van der Waals surface area contributed by atoms with E-state index < -0.39 is 0 Å². The largest absolute Gasteiger partial charge is 0.469 e. The van der Waals surface area contributed by atoms with E-state index in [1.54, 1.807) is 6.26 Å². The van der Waals surface area contributed by atoms with E-state index in [0.29, 0.717) is 31.5 Å². The molecule has 0 atom stereocenters. The highest BCUT2D eigenvalue weighted by atomic mass is 16.3. The zero-order chi connectivity index (χ0) is 16.8. The van der Waals surface area contributed by atoms with Crippen molar-refractivity contribution < 1.29 is 14.0 Å². The van der Waals surface area contributed by atoms with Crippen molar-refractivity contribution in [3.05, 3.63) is 60.1 Å². The molecule has 1 aliphatic rings. The Morgan fingerprint density at radius 3 is 2.50 bits per heavy atom. The first kappa shape index (κ1) is 16.3. The predicted molar refractivity (Wildman–Crippen MR) is 90.5 cm³/mol. The summed E-state index contributed by atoms with van der Waals surface area (Å²) in [5, 5.41) is 3.06. The third-order valence-corrected chi connectivity index (χ3v) is 4.38. The van der Waals surface area contributed by atoms with Gasteiger partial charge in [-0.05, 0) is 37.1 Å². The van der Waals surface area contributed by atoms with Crippen LogP contribution in [0.3, 0.4) is 0 Å².